The molecule has 1 N–H and O–H groups in total. The molecule has 0 bridgehead atoms. The zero-order valence-electron chi connectivity index (χ0n) is 23.5. The van der Waals surface area contributed by atoms with Crippen LogP contribution < -0.4 is 14.4 Å². The number of likely N-dealkylation sites (N-methyl/N-ethyl adjacent to an activating group) is 1. The molecule has 4 aromatic carbocycles. The summed E-state index contributed by atoms with van der Waals surface area (Å²) in [7, 11) is -2.70. The molecule has 0 aliphatic heterocycles. The van der Waals surface area contributed by atoms with Crippen LogP contribution in [0.4, 0.5) is 5.69 Å². The number of ether oxygens (including phenoxy) is 1. The number of sulfonamides is 1. The SMILES string of the molecule is CNC(=O)[C@@H](C)N(Cc1cccc(Cl)c1)C(=O)CN(c1ccc(Oc2ccccc2)cc1)S(=O)(=O)c1ccc(C)cc1. The Kier molecular flexibility index (Phi) is 9.88. The van der Waals surface area contributed by atoms with Crippen LogP contribution >= 0.6 is 11.6 Å². The standard InChI is InChI=1S/C32H32ClN3O5S/c1-23-12-18-30(19-13-23)42(39,40)36(27-14-16-29(17-15-27)41-28-10-5-4-6-11-28)22-31(37)35(24(2)32(38)34-3)21-25-8-7-9-26(33)20-25/h4-20,24H,21-22H2,1-3H3,(H,34,38)/t24-/m1/s1. The Hall–Kier alpha value is -4.34. The second kappa shape index (κ2) is 13.5. The number of para-hydroxylation sites is 1. The molecule has 0 spiro atoms. The molecule has 0 saturated heterocycles. The molecule has 4 rings (SSSR count). The lowest BCUT2D eigenvalue weighted by molar-refractivity contribution is -0.139. The van der Waals surface area contributed by atoms with Crippen molar-refractivity contribution in [3.8, 4) is 11.5 Å². The molecule has 0 aliphatic carbocycles. The van der Waals surface area contributed by atoms with Gasteiger partial charge in [0.1, 0.15) is 24.1 Å². The van der Waals surface area contributed by atoms with Crippen molar-refractivity contribution in [1.82, 2.24) is 10.2 Å². The fourth-order valence-corrected chi connectivity index (χ4v) is 5.92. The van der Waals surface area contributed by atoms with Crippen molar-refractivity contribution in [2.75, 3.05) is 17.9 Å². The minimum absolute atomic E-state index is 0.0336. The van der Waals surface area contributed by atoms with Crippen LogP contribution in [-0.4, -0.2) is 44.8 Å². The van der Waals surface area contributed by atoms with Gasteiger partial charge in [0.15, 0.2) is 0 Å². The van der Waals surface area contributed by atoms with Gasteiger partial charge in [0.25, 0.3) is 10.0 Å². The number of rotatable bonds is 11. The third kappa shape index (κ3) is 7.48. The molecule has 42 heavy (non-hydrogen) atoms. The molecular weight excluding hydrogens is 574 g/mol. The second-order valence-electron chi connectivity index (χ2n) is 9.68. The number of anilines is 1. The van der Waals surface area contributed by atoms with Crippen LogP contribution in [0.25, 0.3) is 0 Å². The molecule has 0 aliphatic rings. The number of nitrogens with zero attached hydrogens (tertiary/aromatic N) is 2. The topological polar surface area (TPSA) is 96.0 Å². The van der Waals surface area contributed by atoms with E-state index in [-0.39, 0.29) is 23.0 Å². The predicted octanol–water partition coefficient (Wildman–Crippen LogP) is 5.80. The first-order valence-corrected chi connectivity index (χ1v) is 15.1. The van der Waals surface area contributed by atoms with E-state index in [0.29, 0.717) is 22.1 Å². The van der Waals surface area contributed by atoms with Crippen molar-refractivity contribution in [2.24, 2.45) is 0 Å². The summed E-state index contributed by atoms with van der Waals surface area (Å²) in [5, 5.41) is 3.05. The van der Waals surface area contributed by atoms with Crippen molar-refractivity contribution < 1.29 is 22.7 Å². The number of carbonyl (C=O) groups is 2. The molecular formula is C32H32ClN3O5S. The maximum absolute atomic E-state index is 14.0. The molecule has 10 heteroatoms. The molecule has 0 heterocycles. The Morgan fingerprint density at radius 2 is 1.52 bits per heavy atom. The summed E-state index contributed by atoms with van der Waals surface area (Å²) in [6.45, 7) is 2.96. The Bertz CT molecular complexity index is 1630. The molecule has 0 aromatic heterocycles. The van der Waals surface area contributed by atoms with Crippen molar-refractivity contribution in [3.63, 3.8) is 0 Å². The first kappa shape index (κ1) is 30.6. The van der Waals surface area contributed by atoms with E-state index in [4.69, 9.17) is 16.3 Å². The summed E-state index contributed by atoms with van der Waals surface area (Å²) in [4.78, 5) is 27.9. The maximum atomic E-state index is 14.0. The smallest absolute Gasteiger partial charge is 0.264 e. The van der Waals surface area contributed by atoms with Gasteiger partial charge in [-0.25, -0.2) is 8.42 Å². The Morgan fingerprint density at radius 3 is 2.14 bits per heavy atom. The third-order valence-corrected chi connectivity index (χ3v) is 8.67. The Balaban J connectivity index is 1.70. The normalized spacial score (nSPS) is 11.8. The fraction of sp³-hybridized carbons (Fsp3) is 0.188. The van der Waals surface area contributed by atoms with Gasteiger partial charge in [0.05, 0.1) is 10.6 Å². The molecule has 0 saturated carbocycles. The van der Waals surface area contributed by atoms with Crippen molar-refractivity contribution in [3.05, 3.63) is 119 Å². The summed E-state index contributed by atoms with van der Waals surface area (Å²) < 4.78 is 34.8. The summed E-state index contributed by atoms with van der Waals surface area (Å²) in [5.41, 5.74) is 1.85. The molecule has 1 atom stereocenters. The summed E-state index contributed by atoms with van der Waals surface area (Å²) in [6.07, 6.45) is 0. The average Bonchev–Trinajstić information content (AvgIpc) is 2.99. The van der Waals surface area contributed by atoms with Crippen LogP contribution in [0.1, 0.15) is 18.1 Å². The highest BCUT2D eigenvalue weighted by Crippen LogP contribution is 2.29. The fourth-order valence-electron chi connectivity index (χ4n) is 4.29. The van der Waals surface area contributed by atoms with E-state index < -0.39 is 28.5 Å². The van der Waals surface area contributed by atoms with Crippen molar-refractivity contribution >= 4 is 39.1 Å². The number of halogens is 1. The number of benzene rings is 4. The molecule has 218 valence electrons. The third-order valence-electron chi connectivity index (χ3n) is 6.65. The van der Waals surface area contributed by atoms with E-state index in [0.717, 1.165) is 9.87 Å². The van der Waals surface area contributed by atoms with Crippen molar-refractivity contribution in [1.29, 1.82) is 0 Å². The Morgan fingerprint density at radius 1 is 0.881 bits per heavy atom. The zero-order chi connectivity index (χ0) is 30.3. The lowest BCUT2D eigenvalue weighted by Crippen LogP contribution is -2.50. The first-order chi connectivity index (χ1) is 20.1. The van der Waals surface area contributed by atoms with E-state index in [1.165, 1.54) is 24.1 Å². The Labute approximate surface area is 251 Å². The number of aryl methyl sites for hydroxylation is 1. The number of nitrogens with one attached hydrogen (secondary N) is 1. The molecule has 8 nitrogen and oxygen atoms in total. The van der Waals surface area contributed by atoms with Crippen LogP contribution in [0, 0.1) is 6.92 Å². The molecule has 2 amide bonds. The van der Waals surface area contributed by atoms with Crippen LogP contribution in [0.5, 0.6) is 11.5 Å². The van der Waals surface area contributed by atoms with Gasteiger partial charge in [-0.05, 0) is 80.1 Å². The minimum atomic E-state index is -4.18. The van der Waals surface area contributed by atoms with Crippen molar-refractivity contribution in [2.45, 2.75) is 31.3 Å². The molecule has 4 aromatic rings. The van der Waals surface area contributed by atoms with Gasteiger partial charge >= 0.3 is 0 Å². The van der Waals surface area contributed by atoms with E-state index >= 15 is 0 Å². The lowest BCUT2D eigenvalue weighted by atomic mass is 10.1. The van der Waals surface area contributed by atoms with Crippen LogP contribution in [0.2, 0.25) is 5.02 Å². The average molecular weight is 606 g/mol. The monoisotopic (exact) mass is 605 g/mol. The van der Waals surface area contributed by atoms with Gasteiger partial charge < -0.3 is 15.0 Å². The van der Waals surface area contributed by atoms with E-state index in [1.807, 2.05) is 37.3 Å². The van der Waals surface area contributed by atoms with Crippen LogP contribution in [0.15, 0.2) is 108 Å². The highest BCUT2D eigenvalue weighted by atomic mass is 35.5. The van der Waals surface area contributed by atoms with Gasteiger partial charge in [0.2, 0.25) is 11.8 Å². The van der Waals surface area contributed by atoms with Gasteiger partial charge in [-0.3, -0.25) is 13.9 Å². The number of hydrogen-bond acceptors (Lipinski definition) is 5. The maximum Gasteiger partial charge on any atom is 0.264 e. The first-order valence-electron chi connectivity index (χ1n) is 13.3. The van der Waals surface area contributed by atoms with Crippen LogP contribution in [-0.2, 0) is 26.2 Å². The zero-order valence-corrected chi connectivity index (χ0v) is 25.1. The van der Waals surface area contributed by atoms with E-state index in [9.17, 15) is 18.0 Å². The number of carbonyl (C=O) groups excluding carboxylic acids is 2. The number of hydrogen-bond donors (Lipinski definition) is 1. The predicted molar refractivity (Wildman–Crippen MR) is 164 cm³/mol. The molecule has 0 radical (unpaired) electrons. The van der Waals surface area contributed by atoms with E-state index in [2.05, 4.69) is 5.32 Å². The number of amides is 2. The summed E-state index contributed by atoms with van der Waals surface area (Å²) in [6, 6.07) is 28.1. The highest BCUT2D eigenvalue weighted by Gasteiger charge is 2.32. The van der Waals surface area contributed by atoms with Gasteiger partial charge in [-0.1, -0.05) is 59.6 Å². The largest absolute Gasteiger partial charge is 0.457 e. The van der Waals surface area contributed by atoms with Gasteiger partial charge in [0, 0.05) is 18.6 Å². The quantitative estimate of drug-likeness (QED) is 0.233. The van der Waals surface area contributed by atoms with Gasteiger partial charge in [-0.2, -0.15) is 0 Å². The molecule has 0 fully saturated rings. The molecule has 0 unspecified atom stereocenters. The highest BCUT2D eigenvalue weighted by molar-refractivity contribution is 7.92. The van der Waals surface area contributed by atoms with E-state index in [1.54, 1.807) is 67.6 Å². The summed E-state index contributed by atoms with van der Waals surface area (Å²) in [5.74, 6) is 0.177. The lowest BCUT2D eigenvalue weighted by Gasteiger charge is -2.31. The van der Waals surface area contributed by atoms with Gasteiger partial charge in [-0.15, -0.1) is 0 Å². The van der Waals surface area contributed by atoms with Crippen LogP contribution in [0.3, 0.4) is 0 Å². The second-order valence-corrected chi connectivity index (χ2v) is 12.0. The summed E-state index contributed by atoms with van der Waals surface area (Å²) >= 11 is 6.16. The minimum Gasteiger partial charge on any atom is -0.457 e.